The average Bonchev–Trinajstić information content (AvgIpc) is 2.97. The summed E-state index contributed by atoms with van der Waals surface area (Å²) in [5.41, 5.74) is 1.06. The van der Waals surface area contributed by atoms with Gasteiger partial charge in [0.1, 0.15) is 5.75 Å². The van der Waals surface area contributed by atoms with Gasteiger partial charge >= 0.3 is 5.97 Å². The van der Waals surface area contributed by atoms with E-state index < -0.39 is 0 Å². The summed E-state index contributed by atoms with van der Waals surface area (Å²) in [4.78, 5) is 11.6. The molecular formula is C14H17ClO2. The molecule has 0 bridgehead atoms. The summed E-state index contributed by atoms with van der Waals surface area (Å²) >= 11 is 6.04. The van der Waals surface area contributed by atoms with E-state index in [1.165, 1.54) is 0 Å². The van der Waals surface area contributed by atoms with Gasteiger partial charge in [-0.3, -0.25) is 4.79 Å². The molecule has 1 aliphatic carbocycles. The molecule has 0 unspecified atom stereocenters. The van der Waals surface area contributed by atoms with Gasteiger partial charge in [-0.05, 0) is 42.0 Å². The second-order valence-electron chi connectivity index (χ2n) is 5.62. The molecule has 0 saturated heterocycles. The first-order valence-electron chi connectivity index (χ1n) is 5.89. The maximum atomic E-state index is 11.6. The molecule has 92 valence electrons. The van der Waals surface area contributed by atoms with Crippen LogP contribution in [0.5, 0.6) is 5.75 Å². The Kier molecular flexibility index (Phi) is 3.17. The van der Waals surface area contributed by atoms with Crippen LogP contribution in [0.1, 0.15) is 39.2 Å². The second kappa shape index (κ2) is 4.34. The molecule has 0 radical (unpaired) electrons. The number of carbonyl (C=O) groups is 1. The van der Waals surface area contributed by atoms with Crippen molar-refractivity contribution in [2.24, 2.45) is 5.92 Å². The highest BCUT2D eigenvalue weighted by Gasteiger charge is 2.31. The predicted molar refractivity (Wildman–Crippen MR) is 68.5 cm³/mol. The number of carbonyl (C=O) groups excluding carboxylic acids is 1. The third-order valence-corrected chi connectivity index (χ3v) is 3.08. The minimum absolute atomic E-state index is 0.00830. The summed E-state index contributed by atoms with van der Waals surface area (Å²) in [5.74, 6) is 0.526. The van der Waals surface area contributed by atoms with Crippen LogP contribution in [0.15, 0.2) is 18.2 Å². The van der Waals surface area contributed by atoms with E-state index in [1.807, 2.05) is 12.1 Å². The molecule has 0 spiro atoms. The summed E-state index contributed by atoms with van der Waals surface area (Å²) in [7, 11) is 0. The van der Waals surface area contributed by atoms with E-state index in [2.05, 4.69) is 20.8 Å². The zero-order chi connectivity index (χ0) is 12.6. The molecule has 1 fully saturated rings. The lowest BCUT2D eigenvalue weighted by molar-refractivity contribution is -0.135. The molecule has 0 aliphatic heterocycles. The molecule has 1 aromatic carbocycles. The van der Waals surface area contributed by atoms with Crippen LogP contribution >= 0.6 is 11.6 Å². The number of halogens is 1. The molecule has 1 saturated carbocycles. The van der Waals surface area contributed by atoms with Crippen molar-refractivity contribution in [1.82, 2.24) is 0 Å². The Labute approximate surface area is 107 Å². The Hall–Kier alpha value is -1.02. The van der Waals surface area contributed by atoms with Gasteiger partial charge in [0.15, 0.2) is 0 Å². The van der Waals surface area contributed by atoms with E-state index in [9.17, 15) is 4.79 Å². The Bertz CT molecular complexity index is 442. The number of hydrogen-bond acceptors (Lipinski definition) is 2. The Morgan fingerprint density at radius 2 is 1.94 bits per heavy atom. The van der Waals surface area contributed by atoms with Gasteiger partial charge in [-0.1, -0.05) is 32.4 Å². The quantitative estimate of drug-likeness (QED) is 0.588. The lowest BCUT2D eigenvalue weighted by Crippen LogP contribution is -2.13. The molecule has 17 heavy (non-hydrogen) atoms. The fourth-order valence-electron chi connectivity index (χ4n) is 1.57. The largest absolute Gasteiger partial charge is 0.426 e. The highest BCUT2D eigenvalue weighted by atomic mass is 35.5. The van der Waals surface area contributed by atoms with Gasteiger partial charge in [0.05, 0.1) is 5.92 Å². The Balaban J connectivity index is 2.22. The highest BCUT2D eigenvalue weighted by Crippen LogP contribution is 2.33. The first kappa shape index (κ1) is 12.4. The molecular weight excluding hydrogens is 236 g/mol. The average molecular weight is 253 g/mol. The summed E-state index contributed by atoms with van der Waals surface area (Å²) in [6, 6.07) is 5.50. The van der Waals surface area contributed by atoms with Crippen LogP contribution in [0, 0.1) is 5.92 Å². The standard InChI is InChI=1S/C14H17ClO2/c1-14(2,3)10-6-11(15)8-12(7-10)17-13(16)9-4-5-9/h6-9H,4-5H2,1-3H3. The van der Waals surface area contributed by atoms with Gasteiger partial charge in [0.2, 0.25) is 0 Å². The van der Waals surface area contributed by atoms with Crippen molar-refractivity contribution < 1.29 is 9.53 Å². The fraction of sp³-hybridized carbons (Fsp3) is 0.500. The topological polar surface area (TPSA) is 26.3 Å². The maximum absolute atomic E-state index is 11.6. The van der Waals surface area contributed by atoms with Crippen LogP contribution in [0.2, 0.25) is 5.02 Å². The molecule has 1 aromatic rings. The number of rotatable bonds is 2. The minimum atomic E-state index is -0.132. The third kappa shape index (κ3) is 3.22. The molecule has 0 N–H and O–H groups in total. The van der Waals surface area contributed by atoms with E-state index in [1.54, 1.807) is 6.07 Å². The van der Waals surface area contributed by atoms with Gasteiger partial charge < -0.3 is 4.74 Å². The first-order valence-corrected chi connectivity index (χ1v) is 6.27. The van der Waals surface area contributed by atoms with Gasteiger partial charge in [-0.2, -0.15) is 0 Å². The van der Waals surface area contributed by atoms with Crippen molar-refractivity contribution in [3.63, 3.8) is 0 Å². The maximum Gasteiger partial charge on any atom is 0.314 e. The van der Waals surface area contributed by atoms with Gasteiger partial charge in [-0.15, -0.1) is 0 Å². The van der Waals surface area contributed by atoms with Gasteiger partial charge in [-0.25, -0.2) is 0 Å². The third-order valence-electron chi connectivity index (χ3n) is 2.87. The Morgan fingerprint density at radius 3 is 2.47 bits per heavy atom. The zero-order valence-corrected chi connectivity index (χ0v) is 11.2. The van der Waals surface area contributed by atoms with Crippen LogP contribution in [-0.4, -0.2) is 5.97 Å². The fourth-order valence-corrected chi connectivity index (χ4v) is 1.80. The first-order chi connectivity index (χ1) is 7.86. The van der Waals surface area contributed by atoms with E-state index >= 15 is 0 Å². The minimum Gasteiger partial charge on any atom is -0.426 e. The number of benzene rings is 1. The second-order valence-corrected chi connectivity index (χ2v) is 6.06. The molecule has 1 aliphatic rings. The Morgan fingerprint density at radius 1 is 1.29 bits per heavy atom. The number of hydrogen-bond donors (Lipinski definition) is 0. The number of esters is 1. The van der Waals surface area contributed by atoms with Crippen molar-refractivity contribution >= 4 is 17.6 Å². The highest BCUT2D eigenvalue weighted by molar-refractivity contribution is 6.30. The monoisotopic (exact) mass is 252 g/mol. The van der Waals surface area contributed by atoms with E-state index in [0.717, 1.165) is 18.4 Å². The molecule has 2 rings (SSSR count). The van der Waals surface area contributed by atoms with Gasteiger partial charge in [0.25, 0.3) is 0 Å². The van der Waals surface area contributed by atoms with Crippen LogP contribution in [0.4, 0.5) is 0 Å². The van der Waals surface area contributed by atoms with E-state index in [0.29, 0.717) is 10.8 Å². The van der Waals surface area contributed by atoms with Crippen LogP contribution in [0.3, 0.4) is 0 Å². The lowest BCUT2D eigenvalue weighted by Gasteiger charge is -2.20. The molecule has 0 amide bonds. The van der Waals surface area contributed by atoms with Crippen molar-refractivity contribution in [3.05, 3.63) is 28.8 Å². The van der Waals surface area contributed by atoms with Crippen LogP contribution < -0.4 is 4.74 Å². The van der Waals surface area contributed by atoms with Crippen molar-refractivity contribution in [1.29, 1.82) is 0 Å². The zero-order valence-electron chi connectivity index (χ0n) is 10.4. The summed E-state index contributed by atoms with van der Waals surface area (Å²) in [6.45, 7) is 6.31. The van der Waals surface area contributed by atoms with Crippen LogP contribution in [0.25, 0.3) is 0 Å². The molecule has 3 heteroatoms. The van der Waals surface area contributed by atoms with Crippen molar-refractivity contribution in [3.8, 4) is 5.75 Å². The molecule has 0 heterocycles. The molecule has 0 aromatic heterocycles. The molecule has 0 atom stereocenters. The number of ether oxygens (including phenoxy) is 1. The van der Waals surface area contributed by atoms with E-state index in [4.69, 9.17) is 16.3 Å². The van der Waals surface area contributed by atoms with Crippen molar-refractivity contribution in [2.45, 2.75) is 39.0 Å². The smallest absolute Gasteiger partial charge is 0.314 e. The molecule has 2 nitrogen and oxygen atoms in total. The predicted octanol–water partition coefficient (Wildman–Crippen LogP) is 3.95. The van der Waals surface area contributed by atoms with Crippen LogP contribution in [-0.2, 0) is 10.2 Å². The normalized spacial score (nSPS) is 15.8. The van der Waals surface area contributed by atoms with Crippen molar-refractivity contribution in [2.75, 3.05) is 0 Å². The van der Waals surface area contributed by atoms with Gasteiger partial charge in [0, 0.05) is 5.02 Å². The summed E-state index contributed by atoms with van der Waals surface area (Å²) < 4.78 is 5.33. The van der Waals surface area contributed by atoms with E-state index in [-0.39, 0.29) is 17.3 Å². The summed E-state index contributed by atoms with van der Waals surface area (Å²) in [6.07, 6.45) is 1.90. The summed E-state index contributed by atoms with van der Waals surface area (Å²) in [5, 5.41) is 0.607. The SMILES string of the molecule is CC(C)(C)c1cc(Cl)cc(OC(=O)C2CC2)c1. The lowest BCUT2D eigenvalue weighted by atomic mass is 9.87.